The van der Waals surface area contributed by atoms with E-state index in [1.165, 1.54) is 19.3 Å². The molecule has 2 saturated carbocycles. The van der Waals surface area contributed by atoms with E-state index in [0.717, 1.165) is 24.2 Å². The van der Waals surface area contributed by atoms with Crippen LogP contribution in [0, 0.1) is 25.7 Å². The molecule has 3 atom stereocenters. The molecule has 0 aliphatic heterocycles. The van der Waals surface area contributed by atoms with Crippen LogP contribution < -0.4 is 11.1 Å². The molecule has 2 fully saturated rings. The molecule has 3 N–H and O–H groups in total. The average Bonchev–Trinajstić information content (AvgIpc) is 2.78. The van der Waals surface area contributed by atoms with Crippen LogP contribution in [0.3, 0.4) is 0 Å². The van der Waals surface area contributed by atoms with Crippen molar-refractivity contribution < 1.29 is 4.79 Å². The van der Waals surface area contributed by atoms with Crippen molar-refractivity contribution in [2.75, 3.05) is 0 Å². The molecule has 0 radical (unpaired) electrons. The predicted molar refractivity (Wildman–Crippen MR) is 105 cm³/mol. The first kappa shape index (κ1) is 22.3. The number of fused-ring (bicyclic) bond motifs is 2. The van der Waals surface area contributed by atoms with Crippen LogP contribution in [-0.2, 0) is 4.79 Å². The molecule has 1 aromatic heterocycles. The van der Waals surface area contributed by atoms with E-state index in [1.807, 2.05) is 18.5 Å². The van der Waals surface area contributed by atoms with Gasteiger partial charge >= 0.3 is 0 Å². The maximum Gasteiger partial charge on any atom is 0.222 e. The zero-order chi connectivity index (χ0) is 16.6. The molecule has 3 rings (SSSR count). The number of nitrogens with one attached hydrogen (secondary N) is 1. The summed E-state index contributed by atoms with van der Waals surface area (Å²) in [5, 5.41) is 7.83. The van der Waals surface area contributed by atoms with Crippen LogP contribution in [0.25, 0.3) is 0 Å². The Hall–Kier alpha value is -0.780. The van der Waals surface area contributed by atoms with Crippen LogP contribution in [-0.4, -0.2) is 27.8 Å². The number of hydrogen-bond acceptors (Lipinski definition) is 3. The van der Waals surface area contributed by atoms with Crippen LogP contribution in [0.2, 0.25) is 0 Å². The SMILES string of the molecule is Cc1cc(C)n(C(C)CC(=O)NC2C3CCCC2CC(N)C3)n1.Cl.Cl. The minimum atomic E-state index is 0. The standard InChI is InChI=1S/C18H30N4O.2ClH/c1-11-7-12(2)22(21-11)13(3)8-17(23)20-18-14-5-4-6-15(18)10-16(19)9-14;;/h7,13-16,18H,4-6,8-10,19H2,1-3H3,(H,20,23);2*1H. The van der Waals surface area contributed by atoms with Crippen LogP contribution in [0.1, 0.15) is 62.9 Å². The van der Waals surface area contributed by atoms with E-state index in [1.54, 1.807) is 0 Å². The molecule has 1 aromatic rings. The summed E-state index contributed by atoms with van der Waals surface area (Å²) in [4.78, 5) is 12.5. The van der Waals surface area contributed by atoms with Crippen molar-refractivity contribution in [3.05, 3.63) is 17.5 Å². The zero-order valence-corrected chi connectivity index (χ0v) is 17.0. The molecule has 3 unspecified atom stereocenters. The molecule has 2 bridgehead atoms. The molecule has 7 heteroatoms. The van der Waals surface area contributed by atoms with Gasteiger partial charge in [0.25, 0.3) is 0 Å². The Bertz CT molecular complexity index is 563. The topological polar surface area (TPSA) is 72.9 Å². The number of amides is 1. The fraction of sp³-hybridized carbons (Fsp3) is 0.778. The van der Waals surface area contributed by atoms with Crippen molar-refractivity contribution in [3.8, 4) is 0 Å². The minimum Gasteiger partial charge on any atom is -0.353 e. The van der Waals surface area contributed by atoms with Crippen molar-refractivity contribution in [1.29, 1.82) is 0 Å². The lowest BCUT2D eigenvalue weighted by atomic mass is 9.67. The quantitative estimate of drug-likeness (QED) is 0.827. The number of nitrogens with zero attached hydrogens (tertiary/aromatic N) is 2. The molecule has 1 heterocycles. The van der Waals surface area contributed by atoms with E-state index in [2.05, 4.69) is 23.4 Å². The summed E-state index contributed by atoms with van der Waals surface area (Å²) in [6.45, 7) is 6.10. The van der Waals surface area contributed by atoms with Crippen LogP contribution >= 0.6 is 24.8 Å². The Morgan fingerprint density at radius 3 is 2.44 bits per heavy atom. The third-order valence-corrected chi connectivity index (χ3v) is 5.65. The lowest BCUT2D eigenvalue weighted by Crippen LogP contribution is -2.53. The Morgan fingerprint density at radius 1 is 1.32 bits per heavy atom. The largest absolute Gasteiger partial charge is 0.353 e. The van der Waals surface area contributed by atoms with Crippen LogP contribution in [0.15, 0.2) is 6.07 Å². The minimum absolute atomic E-state index is 0. The Kier molecular flexibility index (Phi) is 8.23. The van der Waals surface area contributed by atoms with Crippen molar-refractivity contribution in [2.24, 2.45) is 17.6 Å². The van der Waals surface area contributed by atoms with Gasteiger partial charge in [-0.05, 0) is 64.4 Å². The van der Waals surface area contributed by atoms with Crippen LogP contribution in [0.5, 0.6) is 0 Å². The maximum absolute atomic E-state index is 12.5. The number of hydrogen-bond donors (Lipinski definition) is 2. The monoisotopic (exact) mass is 390 g/mol. The van der Waals surface area contributed by atoms with Gasteiger partial charge in [-0.15, -0.1) is 24.8 Å². The van der Waals surface area contributed by atoms with Crippen molar-refractivity contribution in [1.82, 2.24) is 15.1 Å². The molecule has 0 saturated heterocycles. The highest BCUT2D eigenvalue weighted by Gasteiger charge is 2.39. The van der Waals surface area contributed by atoms with Gasteiger partial charge in [-0.1, -0.05) is 6.42 Å². The maximum atomic E-state index is 12.5. The van der Waals surface area contributed by atoms with E-state index < -0.39 is 0 Å². The normalized spacial score (nSPS) is 29.1. The van der Waals surface area contributed by atoms with E-state index >= 15 is 0 Å². The summed E-state index contributed by atoms with van der Waals surface area (Å²) >= 11 is 0. The van der Waals surface area contributed by atoms with Gasteiger partial charge in [0.05, 0.1) is 11.7 Å². The van der Waals surface area contributed by atoms with Gasteiger partial charge in [0.2, 0.25) is 5.91 Å². The molecule has 2 aliphatic carbocycles. The van der Waals surface area contributed by atoms with Gasteiger partial charge in [-0.3, -0.25) is 9.48 Å². The van der Waals surface area contributed by atoms with Gasteiger partial charge in [-0.25, -0.2) is 0 Å². The molecular weight excluding hydrogens is 359 g/mol. The zero-order valence-electron chi connectivity index (χ0n) is 15.4. The lowest BCUT2D eigenvalue weighted by Gasteiger charge is -2.45. The first-order valence-electron chi connectivity index (χ1n) is 9.01. The first-order chi connectivity index (χ1) is 10.9. The molecular formula is C18H32Cl2N4O. The van der Waals surface area contributed by atoms with E-state index in [9.17, 15) is 4.79 Å². The van der Waals surface area contributed by atoms with E-state index in [4.69, 9.17) is 5.73 Å². The predicted octanol–water partition coefficient (Wildman–Crippen LogP) is 3.32. The smallest absolute Gasteiger partial charge is 0.222 e. The van der Waals surface area contributed by atoms with Gasteiger partial charge in [0.15, 0.2) is 0 Å². The number of nitrogens with two attached hydrogens (primary N) is 1. The summed E-state index contributed by atoms with van der Waals surface area (Å²) in [6.07, 6.45) is 6.33. The summed E-state index contributed by atoms with van der Waals surface area (Å²) in [7, 11) is 0. The summed E-state index contributed by atoms with van der Waals surface area (Å²) < 4.78 is 1.96. The number of carbonyl (C=O) groups is 1. The third-order valence-electron chi connectivity index (χ3n) is 5.65. The fourth-order valence-corrected chi connectivity index (χ4v) is 4.72. The van der Waals surface area contributed by atoms with Gasteiger partial charge < -0.3 is 11.1 Å². The number of carbonyl (C=O) groups excluding carboxylic acids is 1. The van der Waals surface area contributed by atoms with Crippen molar-refractivity contribution in [3.63, 3.8) is 0 Å². The molecule has 2 aliphatic rings. The molecule has 1 amide bonds. The number of aromatic nitrogens is 2. The van der Waals surface area contributed by atoms with Crippen molar-refractivity contribution in [2.45, 2.75) is 77.4 Å². The highest BCUT2D eigenvalue weighted by molar-refractivity contribution is 5.85. The van der Waals surface area contributed by atoms with Gasteiger partial charge in [-0.2, -0.15) is 5.10 Å². The second-order valence-electron chi connectivity index (χ2n) is 7.70. The number of halogens is 2. The van der Waals surface area contributed by atoms with Crippen LogP contribution in [0.4, 0.5) is 0 Å². The average molecular weight is 391 g/mol. The second-order valence-corrected chi connectivity index (χ2v) is 7.70. The summed E-state index contributed by atoms with van der Waals surface area (Å²) in [6, 6.07) is 2.81. The Labute approximate surface area is 163 Å². The third kappa shape index (κ3) is 5.11. The summed E-state index contributed by atoms with van der Waals surface area (Å²) in [5.41, 5.74) is 8.29. The van der Waals surface area contributed by atoms with E-state index in [-0.39, 0.29) is 36.8 Å². The Morgan fingerprint density at radius 2 is 1.92 bits per heavy atom. The molecule has 0 spiro atoms. The second kappa shape index (κ2) is 9.24. The molecule has 25 heavy (non-hydrogen) atoms. The highest BCUT2D eigenvalue weighted by atomic mass is 35.5. The lowest BCUT2D eigenvalue weighted by molar-refractivity contribution is -0.124. The summed E-state index contributed by atoms with van der Waals surface area (Å²) in [5.74, 6) is 1.30. The number of rotatable bonds is 4. The highest BCUT2D eigenvalue weighted by Crippen LogP contribution is 2.39. The van der Waals surface area contributed by atoms with Gasteiger partial charge in [0, 0.05) is 24.2 Å². The fourth-order valence-electron chi connectivity index (χ4n) is 4.72. The van der Waals surface area contributed by atoms with Gasteiger partial charge in [0.1, 0.15) is 0 Å². The van der Waals surface area contributed by atoms with E-state index in [0.29, 0.717) is 30.3 Å². The Balaban J connectivity index is 0.00000156. The number of aryl methyl sites for hydroxylation is 2. The molecule has 144 valence electrons. The van der Waals surface area contributed by atoms with Crippen molar-refractivity contribution >= 4 is 30.7 Å². The first-order valence-corrected chi connectivity index (χ1v) is 9.01. The molecule has 5 nitrogen and oxygen atoms in total. The molecule has 0 aromatic carbocycles.